The van der Waals surface area contributed by atoms with E-state index in [1.54, 1.807) is 6.92 Å². The van der Waals surface area contributed by atoms with Gasteiger partial charge in [0.05, 0.1) is 13.5 Å². The Morgan fingerprint density at radius 3 is 2.16 bits per heavy atom. The SMILES string of the molecule is C=C(C)C(=O)NCCCCNC(=O)CCC(=O)OC. The van der Waals surface area contributed by atoms with Gasteiger partial charge in [-0.1, -0.05) is 6.58 Å². The standard InChI is InChI=1S/C13H22N2O4/c1-10(2)13(18)15-9-5-4-8-14-11(16)6-7-12(17)19-3/h1,4-9H2,2-3H3,(H,14,16)(H,15,18). The van der Waals surface area contributed by atoms with Crippen LogP contribution in [0.3, 0.4) is 0 Å². The summed E-state index contributed by atoms with van der Waals surface area (Å²) in [4.78, 5) is 33.2. The number of amides is 2. The van der Waals surface area contributed by atoms with Gasteiger partial charge in [-0.2, -0.15) is 0 Å². The molecule has 0 radical (unpaired) electrons. The van der Waals surface area contributed by atoms with E-state index in [0.717, 1.165) is 12.8 Å². The molecule has 0 spiro atoms. The summed E-state index contributed by atoms with van der Waals surface area (Å²) >= 11 is 0. The second kappa shape index (κ2) is 10.1. The first-order valence-corrected chi connectivity index (χ1v) is 6.24. The summed E-state index contributed by atoms with van der Waals surface area (Å²) in [5.41, 5.74) is 0.483. The molecule has 0 unspecified atom stereocenters. The summed E-state index contributed by atoms with van der Waals surface area (Å²) in [5, 5.41) is 5.40. The Kier molecular flexibility index (Phi) is 9.12. The Labute approximate surface area is 113 Å². The fourth-order valence-corrected chi connectivity index (χ4v) is 1.24. The molecule has 0 aliphatic heterocycles. The number of hydrogen-bond acceptors (Lipinski definition) is 4. The lowest BCUT2D eigenvalue weighted by atomic mass is 10.2. The molecule has 0 aromatic heterocycles. The van der Waals surface area contributed by atoms with Crippen molar-refractivity contribution in [2.24, 2.45) is 0 Å². The van der Waals surface area contributed by atoms with Gasteiger partial charge in [-0.05, 0) is 19.8 Å². The number of methoxy groups -OCH3 is 1. The van der Waals surface area contributed by atoms with Crippen molar-refractivity contribution < 1.29 is 19.1 Å². The molecule has 0 heterocycles. The maximum Gasteiger partial charge on any atom is 0.306 e. The van der Waals surface area contributed by atoms with Crippen molar-refractivity contribution in [3.8, 4) is 0 Å². The average molecular weight is 270 g/mol. The molecule has 19 heavy (non-hydrogen) atoms. The zero-order valence-corrected chi connectivity index (χ0v) is 11.6. The fourth-order valence-electron chi connectivity index (χ4n) is 1.24. The highest BCUT2D eigenvalue weighted by Gasteiger charge is 2.05. The van der Waals surface area contributed by atoms with Gasteiger partial charge in [-0.3, -0.25) is 14.4 Å². The van der Waals surface area contributed by atoms with Gasteiger partial charge < -0.3 is 15.4 Å². The van der Waals surface area contributed by atoms with Crippen molar-refractivity contribution in [2.75, 3.05) is 20.2 Å². The molecule has 6 nitrogen and oxygen atoms in total. The van der Waals surface area contributed by atoms with Crippen molar-refractivity contribution in [3.05, 3.63) is 12.2 Å². The third-order valence-corrected chi connectivity index (χ3v) is 2.38. The Morgan fingerprint density at radius 1 is 1.05 bits per heavy atom. The van der Waals surface area contributed by atoms with Crippen LogP contribution in [0.4, 0.5) is 0 Å². The van der Waals surface area contributed by atoms with E-state index in [2.05, 4.69) is 21.9 Å². The topological polar surface area (TPSA) is 84.5 Å². The number of hydrogen-bond donors (Lipinski definition) is 2. The predicted molar refractivity (Wildman–Crippen MR) is 71.3 cm³/mol. The maximum atomic E-state index is 11.3. The molecule has 6 heteroatoms. The number of nitrogens with one attached hydrogen (secondary N) is 2. The van der Waals surface area contributed by atoms with E-state index in [0.29, 0.717) is 18.7 Å². The summed E-state index contributed by atoms with van der Waals surface area (Å²) in [7, 11) is 1.29. The molecule has 2 amide bonds. The van der Waals surface area contributed by atoms with E-state index in [4.69, 9.17) is 0 Å². The van der Waals surface area contributed by atoms with Crippen LogP contribution in [0.2, 0.25) is 0 Å². The van der Waals surface area contributed by atoms with Gasteiger partial charge >= 0.3 is 5.97 Å². The second-order valence-corrected chi connectivity index (χ2v) is 4.17. The minimum Gasteiger partial charge on any atom is -0.469 e. The number of rotatable bonds is 9. The zero-order valence-electron chi connectivity index (χ0n) is 11.6. The molecular formula is C13H22N2O4. The highest BCUT2D eigenvalue weighted by atomic mass is 16.5. The van der Waals surface area contributed by atoms with Gasteiger partial charge in [0.25, 0.3) is 0 Å². The molecule has 0 aromatic carbocycles. The number of ether oxygens (including phenoxy) is 1. The summed E-state index contributed by atoms with van der Waals surface area (Å²) in [6.45, 7) is 6.27. The largest absolute Gasteiger partial charge is 0.469 e. The smallest absolute Gasteiger partial charge is 0.306 e. The van der Waals surface area contributed by atoms with E-state index in [1.165, 1.54) is 7.11 Å². The molecule has 0 aliphatic carbocycles. The Morgan fingerprint density at radius 2 is 1.63 bits per heavy atom. The van der Waals surface area contributed by atoms with Crippen molar-refractivity contribution in [2.45, 2.75) is 32.6 Å². The van der Waals surface area contributed by atoms with Crippen LogP contribution in [0.15, 0.2) is 12.2 Å². The fraction of sp³-hybridized carbons (Fsp3) is 0.615. The summed E-state index contributed by atoms with van der Waals surface area (Å²) < 4.78 is 4.43. The molecule has 2 N–H and O–H groups in total. The summed E-state index contributed by atoms with van der Waals surface area (Å²) in [6.07, 6.45) is 1.77. The van der Waals surface area contributed by atoms with Crippen LogP contribution in [0.1, 0.15) is 32.6 Å². The minimum atomic E-state index is -0.391. The van der Waals surface area contributed by atoms with Crippen molar-refractivity contribution in [1.29, 1.82) is 0 Å². The molecule has 0 fully saturated rings. The van der Waals surface area contributed by atoms with Crippen molar-refractivity contribution in [3.63, 3.8) is 0 Å². The average Bonchev–Trinajstić information content (AvgIpc) is 2.39. The lowest BCUT2D eigenvalue weighted by Gasteiger charge is -2.06. The van der Waals surface area contributed by atoms with Crippen LogP contribution in [-0.2, 0) is 19.1 Å². The first kappa shape index (κ1) is 17.2. The molecule has 0 rings (SSSR count). The number of carbonyl (C=O) groups is 3. The van der Waals surface area contributed by atoms with Crippen LogP contribution in [0.5, 0.6) is 0 Å². The molecule has 108 valence electrons. The minimum absolute atomic E-state index is 0.0942. The molecule has 0 saturated carbocycles. The van der Waals surface area contributed by atoms with Gasteiger partial charge in [0.2, 0.25) is 11.8 Å². The molecule has 0 aromatic rings. The first-order chi connectivity index (χ1) is 8.97. The zero-order chi connectivity index (χ0) is 14.7. The van der Waals surface area contributed by atoms with Gasteiger partial charge in [0.15, 0.2) is 0 Å². The van der Waals surface area contributed by atoms with Crippen molar-refractivity contribution >= 4 is 17.8 Å². The lowest BCUT2D eigenvalue weighted by molar-refractivity contribution is -0.142. The normalized spacial score (nSPS) is 9.58. The van der Waals surface area contributed by atoms with Gasteiger partial charge in [0, 0.05) is 25.1 Å². The van der Waals surface area contributed by atoms with Crippen molar-refractivity contribution in [1.82, 2.24) is 10.6 Å². The van der Waals surface area contributed by atoms with Crippen LogP contribution in [-0.4, -0.2) is 38.0 Å². The molecule has 0 atom stereocenters. The third-order valence-electron chi connectivity index (χ3n) is 2.38. The Bertz CT molecular complexity index is 340. The van der Waals surface area contributed by atoms with Gasteiger partial charge in [-0.25, -0.2) is 0 Å². The number of unbranched alkanes of at least 4 members (excludes halogenated alkanes) is 1. The van der Waals surface area contributed by atoms with Gasteiger partial charge in [-0.15, -0.1) is 0 Å². The van der Waals surface area contributed by atoms with Gasteiger partial charge in [0.1, 0.15) is 0 Å². The first-order valence-electron chi connectivity index (χ1n) is 6.24. The second-order valence-electron chi connectivity index (χ2n) is 4.17. The van der Waals surface area contributed by atoms with Crippen LogP contribution >= 0.6 is 0 Å². The van der Waals surface area contributed by atoms with Crippen LogP contribution in [0, 0.1) is 0 Å². The summed E-state index contributed by atoms with van der Waals surface area (Å²) in [6, 6.07) is 0. The molecule has 0 aliphatic rings. The Hall–Kier alpha value is -1.85. The maximum absolute atomic E-state index is 11.3. The molecule has 0 saturated heterocycles. The molecular weight excluding hydrogens is 248 g/mol. The summed E-state index contributed by atoms with van der Waals surface area (Å²) in [5.74, 6) is -0.712. The highest BCUT2D eigenvalue weighted by molar-refractivity contribution is 5.92. The van der Waals surface area contributed by atoms with Crippen LogP contribution in [0.25, 0.3) is 0 Å². The predicted octanol–water partition coefficient (Wildman–Crippen LogP) is 0.528. The number of carbonyl (C=O) groups excluding carboxylic acids is 3. The highest BCUT2D eigenvalue weighted by Crippen LogP contribution is 1.93. The number of esters is 1. The van der Waals surface area contributed by atoms with E-state index in [9.17, 15) is 14.4 Å². The monoisotopic (exact) mass is 270 g/mol. The lowest BCUT2D eigenvalue weighted by Crippen LogP contribution is -2.27. The van der Waals surface area contributed by atoms with E-state index >= 15 is 0 Å². The van der Waals surface area contributed by atoms with Crippen LogP contribution < -0.4 is 10.6 Å². The Balaban J connectivity index is 3.44. The van der Waals surface area contributed by atoms with E-state index in [-0.39, 0.29) is 24.7 Å². The van der Waals surface area contributed by atoms with E-state index < -0.39 is 5.97 Å². The quantitative estimate of drug-likeness (QED) is 0.363. The third kappa shape index (κ3) is 9.82. The van der Waals surface area contributed by atoms with E-state index in [1.807, 2.05) is 0 Å². The molecule has 0 bridgehead atoms.